The number of nitrogens with zero attached hydrogens (tertiary/aromatic N) is 4. The molecule has 1 aromatic heterocycles. The van der Waals surface area contributed by atoms with E-state index in [4.69, 9.17) is 4.74 Å². The molecule has 8 heteroatoms. The number of ether oxygens (including phenoxy) is 1. The zero-order chi connectivity index (χ0) is 17.8. The van der Waals surface area contributed by atoms with Gasteiger partial charge in [0.15, 0.2) is 0 Å². The van der Waals surface area contributed by atoms with E-state index < -0.39 is 0 Å². The molecule has 1 N–H and O–H groups in total. The number of methoxy groups -OCH3 is 1. The third kappa shape index (κ3) is 3.89. The van der Waals surface area contributed by atoms with E-state index in [2.05, 4.69) is 15.5 Å². The molecule has 1 aliphatic rings. The molecule has 1 aromatic carbocycles. The first kappa shape index (κ1) is 17.2. The number of hydrogen-bond donors (Lipinski definition) is 1. The van der Waals surface area contributed by atoms with Gasteiger partial charge in [-0.05, 0) is 31.0 Å². The summed E-state index contributed by atoms with van der Waals surface area (Å²) in [5.74, 6) is 1.49. The standard InChI is InChI=1S/C17H22FN5O2/c1-22-11-20-21-16(22)12-5-7-23(8-6-12)17(24)19-10-13-9-14(18)3-4-15(13)25-2/h3-4,9,11-12H,5-8,10H2,1-2H3,(H,19,24). The second-order valence-corrected chi connectivity index (χ2v) is 6.18. The summed E-state index contributed by atoms with van der Waals surface area (Å²) < 4.78 is 20.5. The molecule has 0 spiro atoms. The van der Waals surface area contributed by atoms with E-state index in [9.17, 15) is 9.18 Å². The number of urea groups is 1. The molecule has 0 bridgehead atoms. The number of aryl methyl sites for hydroxylation is 1. The van der Waals surface area contributed by atoms with Crippen LogP contribution in [0.1, 0.15) is 30.1 Å². The third-order valence-corrected chi connectivity index (χ3v) is 4.57. The van der Waals surface area contributed by atoms with Crippen LogP contribution in [0.2, 0.25) is 0 Å². The Labute approximate surface area is 145 Å². The summed E-state index contributed by atoms with van der Waals surface area (Å²) in [6.45, 7) is 1.54. The van der Waals surface area contributed by atoms with Crippen LogP contribution >= 0.6 is 0 Å². The van der Waals surface area contributed by atoms with Crippen molar-refractivity contribution in [2.45, 2.75) is 25.3 Å². The molecule has 1 aliphatic heterocycles. The summed E-state index contributed by atoms with van der Waals surface area (Å²) >= 11 is 0. The second kappa shape index (κ2) is 7.50. The topological polar surface area (TPSA) is 72.3 Å². The molecule has 2 amide bonds. The number of nitrogens with one attached hydrogen (secondary N) is 1. The van der Waals surface area contributed by atoms with Crippen LogP contribution in [0, 0.1) is 5.82 Å². The van der Waals surface area contributed by atoms with E-state index in [1.165, 1.54) is 19.2 Å². The molecule has 0 aliphatic carbocycles. The summed E-state index contributed by atoms with van der Waals surface area (Å²) in [4.78, 5) is 14.1. The number of rotatable bonds is 4. The van der Waals surface area contributed by atoms with Gasteiger partial charge in [-0.3, -0.25) is 0 Å². The van der Waals surface area contributed by atoms with Crippen molar-refractivity contribution < 1.29 is 13.9 Å². The van der Waals surface area contributed by atoms with Gasteiger partial charge in [0.2, 0.25) is 0 Å². The Morgan fingerprint density at radius 1 is 1.40 bits per heavy atom. The molecule has 3 rings (SSSR count). The van der Waals surface area contributed by atoms with Crippen LogP contribution in [0.25, 0.3) is 0 Å². The third-order valence-electron chi connectivity index (χ3n) is 4.57. The SMILES string of the molecule is COc1ccc(F)cc1CNC(=O)N1CCC(c2nncn2C)CC1. The minimum Gasteiger partial charge on any atom is -0.496 e. The van der Waals surface area contributed by atoms with Crippen LogP contribution in [0.4, 0.5) is 9.18 Å². The normalized spacial score (nSPS) is 15.2. The highest BCUT2D eigenvalue weighted by atomic mass is 19.1. The molecule has 134 valence electrons. The monoisotopic (exact) mass is 347 g/mol. The fourth-order valence-corrected chi connectivity index (χ4v) is 3.17. The number of amides is 2. The molecule has 0 saturated carbocycles. The van der Waals surface area contributed by atoms with Crippen LogP contribution in [0.15, 0.2) is 24.5 Å². The molecule has 25 heavy (non-hydrogen) atoms. The van der Waals surface area contributed by atoms with Crippen molar-refractivity contribution in [3.8, 4) is 5.75 Å². The quantitative estimate of drug-likeness (QED) is 0.919. The Morgan fingerprint density at radius 2 is 2.16 bits per heavy atom. The average molecular weight is 347 g/mol. The predicted octanol–water partition coefficient (Wildman–Crippen LogP) is 2.05. The van der Waals surface area contributed by atoms with E-state index in [-0.39, 0.29) is 18.4 Å². The maximum Gasteiger partial charge on any atom is 0.317 e. The molecule has 7 nitrogen and oxygen atoms in total. The lowest BCUT2D eigenvalue weighted by Crippen LogP contribution is -2.44. The summed E-state index contributed by atoms with van der Waals surface area (Å²) in [6, 6.07) is 4.12. The van der Waals surface area contributed by atoms with Crippen molar-refractivity contribution in [2.24, 2.45) is 7.05 Å². The van der Waals surface area contributed by atoms with Gasteiger partial charge in [0.05, 0.1) is 7.11 Å². The summed E-state index contributed by atoms with van der Waals surface area (Å²) in [6.07, 6.45) is 3.40. The maximum absolute atomic E-state index is 13.4. The van der Waals surface area contributed by atoms with Crippen LogP contribution in [0.5, 0.6) is 5.75 Å². The minimum absolute atomic E-state index is 0.150. The van der Waals surface area contributed by atoms with Crippen LogP contribution in [0.3, 0.4) is 0 Å². The van der Waals surface area contributed by atoms with Gasteiger partial charge in [0.25, 0.3) is 0 Å². The van der Waals surface area contributed by atoms with E-state index >= 15 is 0 Å². The highest BCUT2D eigenvalue weighted by molar-refractivity contribution is 5.74. The first-order chi connectivity index (χ1) is 12.1. The van der Waals surface area contributed by atoms with Gasteiger partial charge in [0, 0.05) is 38.2 Å². The summed E-state index contributed by atoms with van der Waals surface area (Å²) in [5.41, 5.74) is 0.616. The molecule has 0 unspecified atom stereocenters. The highest BCUT2D eigenvalue weighted by Crippen LogP contribution is 2.26. The Hall–Kier alpha value is -2.64. The van der Waals surface area contributed by atoms with Crippen LogP contribution in [-0.4, -0.2) is 45.9 Å². The van der Waals surface area contributed by atoms with Crippen molar-refractivity contribution in [3.63, 3.8) is 0 Å². The van der Waals surface area contributed by atoms with Gasteiger partial charge >= 0.3 is 6.03 Å². The fraction of sp³-hybridized carbons (Fsp3) is 0.471. The molecular weight excluding hydrogens is 325 g/mol. The average Bonchev–Trinajstić information content (AvgIpc) is 3.06. The largest absolute Gasteiger partial charge is 0.496 e. The molecule has 1 saturated heterocycles. The van der Waals surface area contributed by atoms with Crippen LogP contribution < -0.4 is 10.1 Å². The molecule has 1 fully saturated rings. The number of benzene rings is 1. The van der Waals surface area contributed by atoms with E-state index in [1.807, 2.05) is 11.6 Å². The first-order valence-corrected chi connectivity index (χ1v) is 8.27. The summed E-state index contributed by atoms with van der Waals surface area (Å²) in [7, 11) is 3.45. The zero-order valence-corrected chi connectivity index (χ0v) is 14.4. The number of aromatic nitrogens is 3. The first-order valence-electron chi connectivity index (χ1n) is 8.27. The molecule has 0 atom stereocenters. The van der Waals surface area contributed by atoms with E-state index in [1.54, 1.807) is 17.3 Å². The number of halogens is 1. The number of likely N-dealkylation sites (tertiary alicyclic amines) is 1. The zero-order valence-electron chi connectivity index (χ0n) is 14.4. The van der Waals surface area contributed by atoms with Gasteiger partial charge in [0.1, 0.15) is 23.7 Å². The van der Waals surface area contributed by atoms with Gasteiger partial charge < -0.3 is 19.5 Å². The molecule has 2 aromatic rings. The maximum atomic E-state index is 13.4. The van der Waals surface area contributed by atoms with Crippen molar-refractivity contribution in [3.05, 3.63) is 41.7 Å². The summed E-state index contributed by atoms with van der Waals surface area (Å²) in [5, 5.41) is 10.9. The second-order valence-electron chi connectivity index (χ2n) is 6.18. The van der Waals surface area contributed by atoms with E-state index in [0.29, 0.717) is 30.3 Å². The lowest BCUT2D eigenvalue weighted by molar-refractivity contribution is 0.179. The van der Waals surface area contributed by atoms with Gasteiger partial charge in [-0.15, -0.1) is 10.2 Å². The number of carbonyl (C=O) groups is 1. The Bertz CT molecular complexity index is 740. The lowest BCUT2D eigenvalue weighted by Gasteiger charge is -2.31. The fourth-order valence-electron chi connectivity index (χ4n) is 3.17. The lowest BCUT2D eigenvalue weighted by atomic mass is 9.96. The van der Waals surface area contributed by atoms with E-state index in [0.717, 1.165) is 18.7 Å². The molecular formula is C17H22FN5O2. The Balaban J connectivity index is 1.53. The highest BCUT2D eigenvalue weighted by Gasteiger charge is 2.26. The van der Waals surface area contributed by atoms with Crippen molar-refractivity contribution >= 4 is 6.03 Å². The smallest absolute Gasteiger partial charge is 0.317 e. The number of carbonyl (C=O) groups excluding carboxylic acids is 1. The van der Waals surface area contributed by atoms with Crippen LogP contribution in [-0.2, 0) is 13.6 Å². The van der Waals surface area contributed by atoms with Crippen molar-refractivity contribution in [2.75, 3.05) is 20.2 Å². The predicted molar refractivity (Wildman–Crippen MR) is 89.7 cm³/mol. The minimum atomic E-state index is -0.352. The molecule has 0 radical (unpaired) electrons. The number of piperidine rings is 1. The van der Waals surface area contributed by atoms with Crippen molar-refractivity contribution in [1.82, 2.24) is 25.0 Å². The van der Waals surface area contributed by atoms with Gasteiger partial charge in [-0.2, -0.15) is 0 Å². The van der Waals surface area contributed by atoms with Gasteiger partial charge in [-0.1, -0.05) is 0 Å². The molecule has 2 heterocycles. The van der Waals surface area contributed by atoms with Crippen molar-refractivity contribution in [1.29, 1.82) is 0 Å². The van der Waals surface area contributed by atoms with Gasteiger partial charge in [-0.25, -0.2) is 9.18 Å². The Kier molecular flexibility index (Phi) is 5.16. The number of hydrogen-bond acceptors (Lipinski definition) is 4. The Morgan fingerprint density at radius 3 is 2.80 bits per heavy atom.